The molecule has 1 aliphatic rings. The van der Waals surface area contributed by atoms with Crippen LogP contribution in [0.25, 0.3) is 0 Å². The van der Waals surface area contributed by atoms with Crippen molar-refractivity contribution in [1.29, 1.82) is 0 Å². The summed E-state index contributed by atoms with van der Waals surface area (Å²) < 4.78 is 0. The molecule has 6 nitrogen and oxygen atoms in total. The third-order valence-electron chi connectivity index (χ3n) is 5.19. The smallest absolute Gasteiger partial charge is 0.231 e. The fourth-order valence-electron chi connectivity index (χ4n) is 3.56. The molecule has 3 heterocycles. The predicted molar refractivity (Wildman–Crippen MR) is 120 cm³/mol. The molecule has 0 radical (unpaired) electrons. The Balaban J connectivity index is 1.30. The maximum absolute atomic E-state index is 12.1. The van der Waals surface area contributed by atoms with Gasteiger partial charge in [-0.25, -0.2) is 4.98 Å². The Kier molecular flexibility index (Phi) is 8.64. The third-order valence-corrected chi connectivity index (χ3v) is 6.87. The highest BCUT2D eigenvalue weighted by Crippen LogP contribution is 2.18. The van der Waals surface area contributed by atoms with Crippen LogP contribution >= 0.6 is 22.7 Å². The summed E-state index contributed by atoms with van der Waals surface area (Å²) in [6.45, 7) is 5.35. The second-order valence-electron chi connectivity index (χ2n) is 7.56. The van der Waals surface area contributed by atoms with Crippen LogP contribution in [-0.4, -0.2) is 47.4 Å². The fraction of sp³-hybridized carbons (Fsp3) is 0.571. The first-order chi connectivity index (χ1) is 14.1. The van der Waals surface area contributed by atoms with Gasteiger partial charge in [-0.1, -0.05) is 12.5 Å². The van der Waals surface area contributed by atoms with Crippen LogP contribution in [0.4, 0.5) is 5.13 Å². The number of amides is 2. The molecule has 8 heteroatoms. The Morgan fingerprint density at radius 2 is 2.10 bits per heavy atom. The molecule has 2 aromatic heterocycles. The van der Waals surface area contributed by atoms with Crippen molar-refractivity contribution < 1.29 is 9.59 Å². The number of hydrogen-bond acceptors (Lipinski definition) is 6. The fourth-order valence-corrected chi connectivity index (χ4v) is 4.99. The van der Waals surface area contributed by atoms with E-state index in [4.69, 9.17) is 0 Å². The molecule has 1 unspecified atom stereocenters. The van der Waals surface area contributed by atoms with Gasteiger partial charge in [0, 0.05) is 22.8 Å². The van der Waals surface area contributed by atoms with E-state index in [0.29, 0.717) is 29.8 Å². The van der Waals surface area contributed by atoms with Crippen molar-refractivity contribution in [2.75, 3.05) is 25.0 Å². The number of carbonyl (C=O) groups is 2. The zero-order valence-corrected chi connectivity index (χ0v) is 18.6. The largest absolute Gasteiger partial charge is 0.356 e. The molecule has 1 saturated heterocycles. The molecule has 1 atom stereocenters. The summed E-state index contributed by atoms with van der Waals surface area (Å²) in [5, 5.41) is 10.1. The molecule has 0 saturated carbocycles. The van der Waals surface area contributed by atoms with Crippen molar-refractivity contribution in [3.63, 3.8) is 0 Å². The molecule has 2 N–H and O–H groups in total. The van der Waals surface area contributed by atoms with Gasteiger partial charge in [0.1, 0.15) is 0 Å². The van der Waals surface area contributed by atoms with E-state index in [9.17, 15) is 9.59 Å². The second-order valence-corrected chi connectivity index (χ2v) is 9.45. The summed E-state index contributed by atoms with van der Waals surface area (Å²) in [5.74, 6) is -0.0982. The van der Waals surface area contributed by atoms with Crippen molar-refractivity contribution in [3.05, 3.63) is 33.5 Å². The van der Waals surface area contributed by atoms with Gasteiger partial charge in [-0.15, -0.1) is 22.7 Å². The molecule has 3 rings (SSSR count). The Morgan fingerprint density at radius 1 is 1.21 bits per heavy atom. The maximum Gasteiger partial charge on any atom is 0.231 e. The van der Waals surface area contributed by atoms with Crippen molar-refractivity contribution in [3.8, 4) is 0 Å². The van der Waals surface area contributed by atoms with E-state index in [1.165, 1.54) is 37.1 Å². The number of likely N-dealkylation sites (tertiary alicyclic amines) is 1. The van der Waals surface area contributed by atoms with Gasteiger partial charge in [-0.05, 0) is 57.1 Å². The molecule has 0 aromatic carbocycles. The molecular weight excluding hydrogens is 404 g/mol. The van der Waals surface area contributed by atoms with E-state index in [1.807, 2.05) is 22.9 Å². The second kappa shape index (κ2) is 11.4. The Bertz CT molecular complexity index is 776. The maximum atomic E-state index is 12.1. The van der Waals surface area contributed by atoms with Crippen LogP contribution in [0, 0.1) is 0 Å². The summed E-state index contributed by atoms with van der Waals surface area (Å²) >= 11 is 2.92. The first-order valence-electron chi connectivity index (χ1n) is 10.4. The van der Waals surface area contributed by atoms with Gasteiger partial charge in [0.05, 0.1) is 18.5 Å². The Labute approximate surface area is 180 Å². The number of nitrogens with zero attached hydrogens (tertiary/aromatic N) is 2. The molecule has 158 valence electrons. The lowest BCUT2D eigenvalue weighted by molar-refractivity contribution is -0.120. The SMILES string of the molecule is CC1CCCCN1CCCCNC(=O)Cc1csc(NC(=O)Cc2cccs2)n1. The van der Waals surface area contributed by atoms with Gasteiger partial charge >= 0.3 is 0 Å². The summed E-state index contributed by atoms with van der Waals surface area (Å²) in [5.41, 5.74) is 0.695. The Morgan fingerprint density at radius 3 is 2.90 bits per heavy atom. The lowest BCUT2D eigenvalue weighted by Crippen LogP contribution is -2.38. The van der Waals surface area contributed by atoms with Gasteiger partial charge in [-0.2, -0.15) is 0 Å². The van der Waals surface area contributed by atoms with Gasteiger partial charge in [0.2, 0.25) is 11.8 Å². The zero-order chi connectivity index (χ0) is 20.5. The standard InChI is InChI=1S/C21H30N4O2S2/c1-16-7-2-4-10-25(16)11-5-3-9-22-19(26)13-17-15-29-21(23-17)24-20(27)14-18-8-6-12-28-18/h6,8,12,15-16H,2-5,7,9-11,13-14H2,1H3,(H,22,26)(H,23,24,27). The van der Waals surface area contributed by atoms with Crippen molar-refractivity contribution in [2.24, 2.45) is 0 Å². The molecule has 0 bridgehead atoms. The summed E-state index contributed by atoms with van der Waals surface area (Å²) in [4.78, 5) is 32.1. The third kappa shape index (κ3) is 7.53. The quantitative estimate of drug-likeness (QED) is 0.559. The van der Waals surface area contributed by atoms with E-state index in [2.05, 4.69) is 27.4 Å². The number of thiophene rings is 1. The molecular formula is C21H30N4O2S2. The molecule has 2 amide bonds. The first kappa shape index (κ1) is 21.9. The van der Waals surface area contributed by atoms with E-state index >= 15 is 0 Å². The topological polar surface area (TPSA) is 74.3 Å². The molecule has 2 aromatic rings. The lowest BCUT2D eigenvalue weighted by atomic mass is 10.0. The van der Waals surface area contributed by atoms with Gasteiger partial charge in [0.15, 0.2) is 5.13 Å². The molecule has 29 heavy (non-hydrogen) atoms. The van der Waals surface area contributed by atoms with Crippen molar-refractivity contribution >= 4 is 39.6 Å². The number of unbranched alkanes of at least 4 members (excludes halogenated alkanes) is 1. The van der Waals surface area contributed by atoms with Crippen LogP contribution in [0.15, 0.2) is 22.9 Å². The predicted octanol–water partition coefficient (Wildman–Crippen LogP) is 3.70. The number of anilines is 1. The van der Waals surface area contributed by atoms with Crippen molar-refractivity contribution in [2.45, 2.75) is 57.9 Å². The van der Waals surface area contributed by atoms with Crippen LogP contribution in [0.2, 0.25) is 0 Å². The number of rotatable bonds is 10. The molecule has 1 aliphatic heterocycles. The van der Waals surface area contributed by atoms with Crippen LogP contribution in [0.5, 0.6) is 0 Å². The average molecular weight is 435 g/mol. The minimum atomic E-state index is -0.0826. The first-order valence-corrected chi connectivity index (χ1v) is 12.1. The molecule has 0 spiro atoms. The van der Waals surface area contributed by atoms with E-state index in [1.54, 1.807) is 11.3 Å². The average Bonchev–Trinajstić information content (AvgIpc) is 3.35. The van der Waals surface area contributed by atoms with E-state index in [-0.39, 0.29) is 18.2 Å². The number of thiazole rings is 1. The minimum Gasteiger partial charge on any atom is -0.356 e. The summed E-state index contributed by atoms with van der Waals surface area (Å²) in [6.07, 6.45) is 6.68. The van der Waals surface area contributed by atoms with E-state index < -0.39 is 0 Å². The molecule has 1 fully saturated rings. The Hall–Kier alpha value is -1.77. The number of hydrogen-bond donors (Lipinski definition) is 2. The van der Waals surface area contributed by atoms with Crippen LogP contribution in [-0.2, 0) is 22.4 Å². The monoisotopic (exact) mass is 434 g/mol. The normalized spacial score (nSPS) is 17.2. The number of aromatic nitrogens is 1. The number of piperidine rings is 1. The molecule has 0 aliphatic carbocycles. The summed E-state index contributed by atoms with van der Waals surface area (Å²) in [7, 11) is 0. The van der Waals surface area contributed by atoms with Gasteiger partial charge < -0.3 is 15.5 Å². The van der Waals surface area contributed by atoms with E-state index in [0.717, 1.165) is 24.3 Å². The zero-order valence-electron chi connectivity index (χ0n) is 17.0. The number of carbonyl (C=O) groups excluding carboxylic acids is 2. The highest BCUT2D eigenvalue weighted by Gasteiger charge is 2.17. The lowest BCUT2D eigenvalue weighted by Gasteiger charge is -2.33. The van der Waals surface area contributed by atoms with Crippen LogP contribution < -0.4 is 10.6 Å². The van der Waals surface area contributed by atoms with Crippen molar-refractivity contribution in [1.82, 2.24) is 15.2 Å². The van der Waals surface area contributed by atoms with Gasteiger partial charge in [0.25, 0.3) is 0 Å². The summed E-state index contributed by atoms with van der Waals surface area (Å²) in [6, 6.07) is 4.57. The number of nitrogens with one attached hydrogen (secondary N) is 2. The van der Waals surface area contributed by atoms with Crippen LogP contribution in [0.3, 0.4) is 0 Å². The van der Waals surface area contributed by atoms with Gasteiger partial charge in [-0.3, -0.25) is 9.59 Å². The highest BCUT2D eigenvalue weighted by molar-refractivity contribution is 7.14. The highest BCUT2D eigenvalue weighted by atomic mass is 32.1. The van der Waals surface area contributed by atoms with Crippen LogP contribution in [0.1, 0.15) is 49.6 Å². The minimum absolute atomic E-state index is 0.0156.